The van der Waals surface area contributed by atoms with Crippen molar-refractivity contribution in [1.82, 2.24) is 14.5 Å². The van der Waals surface area contributed by atoms with E-state index < -0.39 is 10.0 Å². The van der Waals surface area contributed by atoms with E-state index in [1.807, 2.05) is 0 Å². The van der Waals surface area contributed by atoms with Gasteiger partial charge in [-0.15, -0.1) is 0 Å². The molecule has 1 aromatic carbocycles. The first-order valence-corrected chi connectivity index (χ1v) is 9.09. The normalized spacial score (nSPS) is 18.8. The third-order valence-corrected chi connectivity index (χ3v) is 5.60. The number of nitrogens with zero attached hydrogens (tertiary/aromatic N) is 2. The van der Waals surface area contributed by atoms with Crippen LogP contribution in [0.3, 0.4) is 0 Å². The molecule has 0 unspecified atom stereocenters. The average Bonchev–Trinajstić information content (AvgIpc) is 3.38. The number of benzene rings is 1. The van der Waals surface area contributed by atoms with Crippen LogP contribution in [0.25, 0.3) is 0 Å². The van der Waals surface area contributed by atoms with Gasteiger partial charge in [-0.05, 0) is 37.1 Å². The molecule has 1 heterocycles. The molecule has 0 radical (unpaired) electrons. The molecule has 0 bridgehead atoms. The molecule has 1 saturated heterocycles. The quantitative estimate of drug-likeness (QED) is 0.769. The lowest BCUT2D eigenvalue weighted by Crippen LogP contribution is -2.48. The summed E-state index contributed by atoms with van der Waals surface area (Å²) in [6.45, 7) is 2.02. The summed E-state index contributed by atoms with van der Waals surface area (Å²) in [6, 6.07) is 6.04. The molecule has 2 fully saturated rings. The van der Waals surface area contributed by atoms with Crippen LogP contribution in [0, 0.1) is 0 Å². The van der Waals surface area contributed by atoms with Gasteiger partial charge in [0.2, 0.25) is 16.4 Å². The van der Waals surface area contributed by atoms with Crippen molar-refractivity contribution >= 4 is 22.3 Å². The first-order valence-electron chi connectivity index (χ1n) is 7.60. The van der Waals surface area contributed by atoms with E-state index >= 15 is 0 Å². The number of carbonyl (C=O) groups excluding carboxylic acids is 2. The van der Waals surface area contributed by atoms with Gasteiger partial charge in [-0.2, -0.15) is 0 Å². The third kappa shape index (κ3) is 3.70. The van der Waals surface area contributed by atoms with E-state index in [1.165, 1.54) is 24.3 Å². The van der Waals surface area contributed by atoms with Gasteiger partial charge in [-0.1, -0.05) is 0 Å². The summed E-state index contributed by atoms with van der Waals surface area (Å²) >= 11 is 0. The highest BCUT2D eigenvalue weighted by atomic mass is 32.2. The van der Waals surface area contributed by atoms with Crippen LogP contribution in [-0.2, 0) is 14.8 Å². The highest BCUT2D eigenvalue weighted by molar-refractivity contribution is 7.89. The molecule has 124 valence electrons. The average molecular weight is 337 g/mol. The van der Waals surface area contributed by atoms with Gasteiger partial charge in [0.05, 0.1) is 4.90 Å². The number of amides is 2. The van der Waals surface area contributed by atoms with Gasteiger partial charge in [0.15, 0.2) is 0 Å². The Bertz CT molecular complexity index is 690. The Morgan fingerprint density at radius 3 is 2.22 bits per heavy atom. The van der Waals surface area contributed by atoms with Crippen molar-refractivity contribution in [3.63, 3.8) is 0 Å². The van der Waals surface area contributed by atoms with Crippen molar-refractivity contribution in [2.24, 2.45) is 0 Å². The van der Waals surface area contributed by atoms with E-state index in [-0.39, 0.29) is 16.8 Å². The van der Waals surface area contributed by atoms with Gasteiger partial charge in [-0.3, -0.25) is 9.59 Å². The van der Waals surface area contributed by atoms with Crippen LogP contribution in [0.4, 0.5) is 0 Å². The molecule has 2 amide bonds. The second kappa shape index (κ2) is 6.29. The van der Waals surface area contributed by atoms with Crippen LogP contribution in [-0.4, -0.2) is 62.8 Å². The van der Waals surface area contributed by atoms with Crippen LogP contribution in [0.5, 0.6) is 0 Å². The Morgan fingerprint density at radius 1 is 1.09 bits per heavy atom. The summed E-state index contributed by atoms with van der Waals surface area (Å²) in [5.74, 6) is -0.144. The fraction of sp³-hybridized carbons (Fsp3) is 0.467. The molecule has 0 spiro atoms. The monoisotopic (exact) mass is 337 g/mol. The Balaban J connectivity index is 1.67. The number of piperazine rings is 1. The fourth-order valence-corrected chi connectivity index (χ4v) is 3.78. The van der Waals surface area contributed by atoms with E-state index in [0.29, 0.717) is 31.7 Å². The van der Waals surface area contributed by atoms with Gasteiger partial charge in [0, 0.05) is 37.8 Å². The number of hydrogen-bond donors (Lipinski definition) is 1. The molecule has 7 nitrogen and oxygen atoms in total. The minimum Gasteiger partial charge on any atom is -0.342 e. The molecular formula is C15H19N3O4S. The van der Waals surface area contributed by atoms with Crippen molar-refractivity contribution in [2.75, 3.05) is 26.2 Å². The summed E-state index contributed by atoms with van der Waals surface area (Å²) < 4.78 is 26.8. The van der Waals surface area contributed by atoms with E-state index in [2.05, 4.69) is 4.72 Å². The van der Waals surface area contributed by atoms with Crippen molar-refractivity contribution < 1.29 is 18.0 Å². The van der Waals surface area contributed by atoms with Crippen LogP contribution in [0.15, 0.2) is 29.2 Å². The number of nitrogens with one attached hydrogen (secondary N) is 1. The predicted molar refractivity (Wildman–Crippen MR) is 83.3 cm³/mol. The molecule has 1 aliphatic carbocycles. The second-order valence-electron chi connectivity index (χ2n) is 5.85. The molecule has 8 heteroatoms. The van der Waals surface area contributed by atoms with Crippen LogP contribution >= 0.6 is 0 Å². The molecular weight excluding hydrogens is 318 g/mol. The minimum atomic E-state index is -3.50. The smallest absolute Gasteiger partial charge is 0.253 e. The molecule has 1 saturated carbocycles. The number of carbonyl (C=O) groups is 2. The molecule has 2 aliphatic rings. The molecule has 0 atom stereocenters. The lowest BCUT2D eigenvalue weighted by atomic mass is 10.2. The van der Waals surface area contributed by atoms with E-state index in [1.54, 1.807) is 9.80 Å². The SMILES string of the molecule is O=CN1CCN(C(=O)c2ccc(S(=O)(=O)NC3CC3)cc2)CC1. The number of sulfonamides is 1. The topological polar surface area (TPSA) is 86.8 Å². The van der Waals surface area contributed by atoms with E-state index in [0.717, 1.165) is 19.3 Å². The van der Waals surface area contributed by atoms with Crippen LogP contribution in [0.2, 0.25) is 0 Å². The Hall–Kier alpha value is -1.93. The van der Waals surface area contributed by atoms with Crippen molar-refractivity contribution in [3.8, 4) is 0 Å². The maximum Gasteiger partial charge on any atom is 0.253 e. The maximum atomic E-state index is 12.4. The lowest BCUT2D eigenvalue weighted by Gasteiger charge is -2.32. The number of rotatable bonds is 5. The number of hydrogen-bond acceptors (Lipinski definition) is 4. The van der Waals surface area contributed by atoms with Crippen molar-refractivity contribution in [1.29, 1.82) is 0 Å². The standard InChI is InChI=1S/C15H19N3O4S/c19-11-17-7-9-18(10-8-17)15(20)12-1-5-14(6-2-12)23(21,22)16-13-3-4-13/h1-2,5-6,11,13,16H,3-4,7-10H2. The summed E-state index contributed by atoms with van der Waals surface area (Å²) in [6.07, 6.45) is 2.54. The molecule has 23 heavy (non-hydrogen) atoms. The van der Waals surface area contributed by atoms with Gasteiger partial charge >= 0.3 is 0 Å². The molecule has 1 aromatic rings. The maximum absolute atomic E-state index is 12.4. The van der Waals surface area contributed by atoms with Gasteiger partial charge in [0.1, 0.15) is 0 Å². The first kappa shape index (κ1) is 15.9. The van der Waals surface area contributed by atoms with Crippen LogP contribution in [0.1, 0.15) is 23.2 Å². The van der Waals surface area contributed by atoms with Crippen LogP contribution < -0.4 is 4.72 Å². The highest BCUT2D eigenvalue weighted by Gasteiger charge is 2.28. The second-order valence-corrected chi connectivity index (χ2v) is 7.57. The van der Waals surface area contributed by atoms with Crippen molar-refractivity contribution in [3.05, 3.63) is 29.8 Å². The zero-order chi connectivity index (χ0) is 16.4. The zero-order valence-corrected chi connectivity index (χ0v) is 13.5. The summed E-state index contributed by atoms with van der Waals surface area (Å²) in [5.41, 5.74) is 0.454. The summed E-state index contributed by atoms with van der Waals surface area (Å²) in [4.78, 5) is 26.5. The highest BCUT2D eigenvalue weighted by Crippen LogP contribution is 2.22. The molecule has 3 rings (SSSR count). The van der Waals surface area contributed by atoms with Gasteiger partial charge in [-0.25, -0.2) is 13.1 Å². The molecule has 0 aromatic heterocycles. The van der Waals surface area contributed by atoms with Gasteiger partial charge in [0.25, 0.3) is 5.91 Å². The predicted octanol–water partition coefficient (Wildman–Crippen LogP) is 0.0415. The summed E-state index contributed by atoms with van der Waals surface area (Å²) in [5, 5.41) is 0. The Kier molecular flexibility index (Phi) is 4.36. The molecule has 1 aliphatic heterocycles. The van der Waals surface area contributed by atoms with Crippen molar-refractivity contribution in [2.45, 2.75) is 23.8 Å². The van der Waals surface area contributed by atoms with E-state index in [9.17, 15) is 18.0 Å². The van der Waals surface area contributed by atoms with E-state index in [4.69, 9.17) is 0 Å². The fourth-order valence-electron chi connectivity index (χ4n) is 2.48. The third-order valence-electron chi connectivity index (χ3n) is 4.06. The largest absolute Gasteiger partial charge is 0.342 e. The summed E-state index contributed by atoms with van der Waals surface area (Å²) in [7, 11) is -3.50. The lowest BCUT2D eigenvalue weighted by molar-refractivity contribution is -0.119. The molecule has 1 N–H and O–H groups in total. The minimum absolute atomic E-state index is 0.0513. The Labute approximate surface area is 135 Å². The Morgan fingerprint density at radius 2 is 1.70 bits per heavy atom. The van der Waals surface area contributed by atoms with Gasteiger partial charge < -0.3 is 9.80 Å². The zero-order valence-electron chi connectivity index (χ0n) is 12.6. The first-order chi connectivity index (χ1) is 11.0.